The third-order valence-electron chi connectivity index (χ3n) is 10.8. The predicted octanol–water partition coefficient (Wildman–Crippen LogP) is 17.5. The first-order chi connectivity index (χ1) is 32.0. The van der Waals surface area contributed by atoms with Gasteiger partial charge in [0.1, 0.15) is 13.2 Å². The average molecular weight is 901 g/mol. The summed E-state index contributed by atoms with van der Waals surface area (Å²) in [6, 6.07) is 0. The van der Waals surface area contributed by atoms with Gasteiger partial charge < -0.3 is 14.2 Å². The summed E-state index contributed by atoms with van der Waals surface area (Å²) in [5.41, 5.74) is 0. The Hall–Kier alpha value is -3.93. The van der Waals surface area contributed by atoms with E-state index in [0.717, 1.165) is 128 Å². The van der Waals surface area contributed by atoms with Crippen LogP contribution in [0.4, 0.5) is 0 Å². The molecule has 1 atom stereocenters. The number of hydrogen-bond acceptors (Lipinski definition) is 6. The first-order valence-corrected chi connectivity index (χ1v) is 26.4. The lowest BCUT2D eigenvalue weighted by Gasteiger charge is -2.18. The fourth-order valence-electron chi connectivity index (χ4n) is 6.87. The molecule has 0 spiro atoms. The second kappa shape index (κ2) is 52.7. The lowest BCUT2D eigenvalue weighted by Crippen LogP contribution is -2.30. The molecular weight excluding hydrogens is 805 g/mol. The van der Waals surface area contributed by atoms with Crippen LogP contribution < -0.4 is 0 Å². The summed E-state index contributed by atoms with van der Waals surface area (Å²) in [6.07, 6.45) is 71.0. The number of hydrogen-bond donors (Lipinski definition) is 0. The largest absolute Gasteiger partial charge is 0.462 e. The van der Waals surface area contributed by atoms with Crippen LogP contribution in [0.25, 0.3) is 0 Å². The van der Waals surface area contributed by atoms with E-state index >= 15 is 0 Å². The Morgan fingerprint density at radius 2 is 0.600 bits per heavy atom. The second-order valence-electron chi connectivity index (χ2n) is 17.0. The zero-order valence-electron chi connectivity index (χ0n) is 42.0. The van der Waals surface area contributed by atoms with Gasteiger partial charge in [-0.25, -0.2) is 0 Å². The fraction of sp³-hybridized carbons (Fsp3) is 0.644. The number of carbonyl (C=O) groups excluding carboxylic acids is 3. The smallest absolute Gasteiger partial charge is 0.306 e. The lowest BCUT2D eigenvalue weighted by atomic mass is 10.1. The minimum atomic E-state index is -0.794. The third-order valence-corrected chi connectivity index (χ3v) is 10.8. The normalized spacial score (nSPS) is 13.0. The van der Waals surface area contributed by atoms with Gasteiger partial charge in [0.05, 0.1) is 0 Å². The Bertz CT molecular complexity index is 1360. The summed E-state index contributed by atoms with van der Waals surface area (Å²) in [6.45, 7) is 6.32. The van der Waals surface area contributed by atoms with Crippen molar-refractivity contribution in [1.82, 2.24) is 0 Å². The van der Waals surface area contributed by atoms with Crippen LogP contribution >= 0.6 is 0 Å². The molecule has 0 aromatic carbocycles. The van der Waals surface area contributed by atoms with Gasteiger partial charge in [0.25, 0.3) is 0 Å². The summed E-state index contributed by atoms with van der Waals surface area (Å²) >= 11 is 0. The van der Waals surface area contributed by atoms with E-state index in [4.69, 9.17) is 14.2 Å². The number of esters is 3. The van der Waals surface area contributed by atoms with Gasteiger partial charge in [0, 0.05) is 19.3 Å². The van der Waals surface area contributed by atoms with Crippen molar-refractivity contribution in [1.29, 1.82) is 0 Å². The maximum Gasteiger partial charge on any atom is 0.306 e. The fourth-order valence-corrected chi connectivity index (χ4v) is 6.87. The van der Waals surface area contributed by atoms with Gasteiger partial charge in [0.2, 0.25) is 0 Å². The van der Waals surface area contributed by atoms with Crippen LogP contribution in [0.3, 0.4) is 0 Å². The lowest BCUT2D eigenvalue weighted by molar-refractivity contribution is -0.167. The SMILES string of the molecule is CC/C=C\C/C=C\C/C=C\C/C=C\C/C=C\C/C=C\CCCCCCCCCCC(=O)OCC(COC(=O)CCCCCCCCC)OC(=O)CCCCC/C=C\C/C=C\C/C=C\CC. The summed E-state index contributed by atoms with van der Waals surface area (Å²) in [7, 11) is 0. The third kappa shape index (κ3) is 50.9. The molecule has 0 radical (unpaired) electrons. The predicted molar refractivity (Wildman–Crippen MR) is 279 cm³/mol. The van der Waals surface area contributed by atoms with Crippen molar-refractivity contribution in [3.8, 4) is 0 Å². The van der Waals surface area contributed by atoms with Crippen LogP contribution in [0.5, 0.6) is 0 Å². The zero-order valence-corrected chi connectivity index (χ0v) is 42.0. The summed E-state index contributed by atoms with van der Waals surface area (Å²) in [4.78, 5) is 37.8. The van der Waals surface area contributed by atoms with Crippen LogP contribution in [-0.4, -0.2) is 37.2 Å². The molecule has 0 amide bonds. The number of ether oxygens (including phenoxy) is 3. The van der Waals surface area contributed by atoms with Crippen LogP contribution in [0.15, 0.2) is 109 Å². The molecule has 0 saturated heterocycles. The van der Waals surface area contributed by atoms with Gasteiger partial charge in [-0.05, 0) is 103 Å². The van der Waals surface area contributed by atoms with Crippen molar-refractivity contribution < 1.29 is 28.6 Å². The monoisotopic (exact) mass is 901 g/mol. The average Bonchev–Trinajstić information content (AvgIpc) is 3.30. The Balaban J connectivity index is 4.22. The highest BCUT2D eigenvalue weighted by atomic mass is 16.6. The standard InChI is InChI=1S/C59H96O6/c1-4-7-10-13-16-18-20-22-23-24-25-26-27-28-29-30-31-32-33-34-35-37-38-40-43-46-49-52-58(61)64-55-56(54-63-57(60)51-48-45-42-15-12-9-6-3)65-59(62)53-50-47-44-41-39-36-21-19-17-14-11-8-5-2/h7-8,10-11,16-19,22-23,25-26,28-29,31-32,36,39,56H,4-6,9,12-15,20-21,24,27,30,33-35,37-38,40-55H2,1-3H3/b10-7-,11-8-,18-16-,19-17-,23-22-,26-25-,29-28-,32-31-,39-36-. The molecule has 0 aliphatic heterocycles. The Morgan fingerprint density at radius 3 is 0.954 bits per heavy atom. The maximum absolute atomic E-state index is 12.7. The molecule has 0 aromatic heterocycles. The molecule has 6 nitrogen and oxygen atoms in total. The van der Waals surface area contributed by atoms with E-state index < -0.39 is 6.10 Å². The van der Waals surface area contributed by atoms with E-state index in [1.54, 1.807) is 0 Å². The van der Waals surface area contributed by atoms with Crippen LogP contribution in [0, 0.1) is 0 Å². The van der Waals surface area contributed by atoms with Crippen LogP contribution in [0.1, 0.15) is 226 Å². The van der Waals surface area contributed by atoms with E-state index in [1.165, 1.54) is 57.8 Å². The molecule has 0 rings (SSSR count). The molecular formula is C59H96O6. The molecule has 0 aromatic rings. The maximum atomic E-state index is 12.7. The van der Waals surface area contributed by atoms with Gasteiger partial charge in [-0.3, -0.25) is 14.4 Å². The highest BCUT2D eigenvalue weighted by Crippen LogP contribution is 2.13. The molecule has 0 heterocycles. The van der Waals surface area contributed by atoms with E-state index in [2.05, 4.69) is 130 Å². The minimum absolute atomic E-state index is 0.0934. The highest BCUT2D eigenvalue weighted by molar-refractivity contribution is 5.71. The van der Waals surface area contributed by atoms with E-state index in [9.17, 15) is 14.4 Å². The van der Waals surface area contributed by atoms with Crippen LogP contribution in [-0.2, 0) is 28.6 Å². The second-order valence-corrected chi connectivity index (χ2v) is 17.0. The Morgan fingerprint density at radius 1 is 0.323 bits per heavy atom. The highest BCUT2D eigenvalue weighted by Gasteiger charge is 2.19. The van der Waals surface area contributed by atoms with Gasteiger partial charge in [-0.1, -0.05) is 214 Å². The van der Waals surface area contributed by atoms with Crippen molar-refractivity contribution in [2.75, 3.05) is 13.2 Å². The summed E-state index contributed by atoms with van der Waals surface area (Å²) < 4.78 is 16.7. The van der Waals surface area contributed by atoms with E-state index in [-0.39, 0.29) is 37.5 Å². The molecule has 0 fully saturated rings. The number of unbranched alkanes of at least 4 members (excludes halogenated alkanes) is 17. The Kier molecular flexibility index (Phi) is 49.5. The first-order valence-electron chi connectivity index (χ1n) is 26.4. The summed E-state index contributed by atoms with van der Waals surface area (Å²) in [5.74, 6) is -0.944. The van der Waals surface area contributed by atoms with Crippen molar-refractivity contribution in [3.05, 3.63) is 109 Å². The quantitative estimate of drug-likeness (QED) is 0.0262. The van der Waals surface area contributed by atoms with E-state index in [0.29, 0.717) is 12.8 Å². The number of allylic oxidation sites excluding steroid dienone is 18. The Labute approximate surface area is 400 Å². The van der Waals surface area contributed by atoms with Gasteiger partial charge in [-0.15, -0.1) is 0 Å². The van der Waals surface area contributed by atoms with Gasteiger partial charge >= 0.3 is 17.9 Å². The molecule has 0 bridgehead atoms. The molecule has 65 heavy (non-hydrogen) atoms. The van der Waals surface area contributed by atoms with Crippen molar-refractivity contribution in [3.63, 3.8) is 0 Å². The topological polar surface area (TPSA) is 78.9 Å². The van der Waals surface area contributed by atoms with Gasteiger partial charge in [-0.2, -0.15) is 0 Å². The van der Waals surface area contributed by atoms with E-state index in [1.807, 2.05) is 0 Å². The molecule has 0 saturated carbocycles. The molecule has 6 heteroatoms. The first kappa shape index (κ1) is 61.1. The van der Waals surface area contributed by atoms with Crippen molar-refractivity contribution >= 4 is 17.9 Å². The van der Waals surface area contributed by atoms with Crippen LogP contribution in [0.2, 0.25) is 0 Å². The molecule has 1 unspecified atom stereocenters. The zero-order chi connectivity index (χ0) is 47.2. The molecule has 0 aliphatic carbocycles. The molecule has 0 N–H and O–H groups in total. The number of rotatable bonds is 46. The van der Waals surface area contributed by atoms with Crippen molar-refractivity contribution in [2.45, 2.75) is 232 Å². The van der Waals surface area contributed by atoms with Crippen molar-refractivity contribution in [2.24, 2.45) is 0 Å². The molecule has 0 aliphatic rings. The van der Waals surface area contributed by atoms with Gasteiger partial charge in [0.15, 0.2) is 6.10 Å². The number of carbonyl (C=O) groups is 3. The summed E-state index contributed by atoms with van der Waals surface area (Å²) in [5, 5.41) is 0. The molecule has 368 valence electrons. The minimum Gasteiger partial charge on any atom is -0.462 e.